The van der Waals surface area contributed by atoms with Crippen LogP contribution in [0.15, 0.2) is 47.6 Å². The molecule has 9 heteroatoms. The third-order valence-corrected chi connectivity index (χ3v) is 5.26. The number of carbonyl (C=O) groups excluding carboxylic acids is 1. The van der Waals surface area contributed by atoms with E-state index in [0.29, 0.717) is 38.8 Å². The Hall–Kier alpha value is -2.53. The molecule has 0 unspecified atom stereocenters. The van der Waals surface area contributed by atoms with E-state index in [9.17, 15) is 4.79 Å². The van der Waals surface area contributed by atoms with Crippen LogP contribution in [-0.2, 0) is 11.3 Å². The van der Waals surface area contributed by atoms with Crippen LogP contribution >= 0.6 is 35.0 Å². The number of amides is 1. The van der Waals surface area contributed by atoms with Gasteiger partial charge in [-0.2, -0.15) is 5.26 Å². The number of hydrogen-bond donors (Lipinski definition) is 1. The summed E-state index contributed by atoms with van der Waals surface area (Å²) >= 11 is 13.3. The quantitative estimate of drug-likeness (QED) is 0.562. The Morgan fingerprint density at radius 1 is 1.21 bits per heavy atom. The highest BCUT2D eigenvalue weighted by Crippen LogP contribution is 2.26. The van der Waals surface area contributed by atoms with Crippen molar-refractivity contribution >= 4 is 46.6 Å². The summed E-state index contributed by atoms with van der Waals surface area (Å²) in [7, 11) is 0. The van der Waals surface area contributed by atoms with E-state index >= 15 is 0 Å². The van der Waals surface area contributed by atoms with Gasteiger partial charge in [0.1, 0.15) is 6.07 Å². The molecular formula is C19H15Cl2N5OS. The molecule has 0 radical (unpaired) electrons. The van der Waals surface area contributed by atoms with Crippen LogP contribution in [-0.4, -0.2) is 26.4 Å². The van der Waals surface area contributed by atoms with Crippen LogP contribution in [0.2, 0.25) is 10.0 Å². The van der Waals surface area contributed by atoms with E-state index in [1.807, 2.05) is 35.8 Å². The predicted molar refractivity (Wildman–Crippen MR) is 112 cm³/mol. The molecule has 3 rings (SSSR count). The van der Waals surface area contributed by atoms with Crippen molar-refractivity contribution in [3.8, 4) is 17.5 Å². The van der Waals surface area contributed by atoms with Crippen molar-refractivity contribution in [1.82, 2.24) is 14.8 Å². The fraction of sp³-hybridized carbons (Fsp3) is 0.158. The molecule has 1 aromatic heterocycles. The number of carbonyl (C=O) groups is 1. The van der Waals surface area contributed by atoms with Crippen molar-refractivity contribution in [2.24, 2.45) is 0 Å². The fourth-order valence-electron chi connectivity index (χ4n) is 2.56. The van der Waals surface area contributed by atoms with Crippen molar-refractivity contribution in [2.75, 3.05) is 11.1 Å². The summed E-state index contributed by atoms with van der Waals surface area (Å²) in [6, 6.07) is 14.1. The van der Waals surface area contributed by atoms with Gasteiger partial charge in [-0.15, -0.1) is 10.2 Å². The maximum absolute atomic E-state index is 12.3. The molecule has 1 amide bonds. The molecule has 0 saturated heterocycles. The van der Waals surface area contributed by atoms with Crippen LogP contribution in [0.1, 0.15) is 12.5 Å². The van der Waals surface area contributed by atoms with Crippen LogP contribution in [0.3, 0.4) is 0 Å². The summed E-state index contributed by atoms with van der Waals surface area (Å²) in [4.78, 5) is 12.3. The van der Waals surface area contributed by atoms with Crippen molar-refractivity contribution in [3.05, 3.63) is 58.1 Å². The number of rotatable bonds is 6. The van der Waals surface area contributed by atoms with Gasteiger partial charge in [0.05, 0.1) is 17.0 Å². The highest BCUT2D eigenvalue weighted by Gasteiger charge is 2.15. The van der Waals surface area contributed by atoms with E-state index in [1.165, 1.54) is 11.8 Å². The second-order valence-corrected chi connectivity index (χ2v) is 7.51. The minimum absolute atomic E-state index is 0.116. The first-order valence-electron chi connectivity index (χ1n) is 8.33. The molecule has 1 N–H and O–H groups in total. The standard InChI is InChI=1S/C19H15Cl2N5OS/c1-2-26-18(12-4-3-5-14(20)8-12)24-25-19(26)28-11-17(27)23-16-9-15(21)7-6-13(16)10-22/h3-9H,2,11H2,1H3,(H,23,27). The van der Waals surface area contributed by atoms with Crippen LogP contribution in [0, 0.1) is 11.3 Å². The van der Waals surface area contributed by atoms with E-state index in [0.717, 1.165) is 5.56 Å². The average molecular weight is 432 g/mol. The zero-order valence-corrected chi connectivity index (χ0v) is 17.1. The van der Waals surface area contributed by atoms with Gasteiger partial charge in [-0.1, -0.05) is 47.1 Å². The normalized spacial score (nSPS) is 10.5. The number of nitriles is 1. The van der Waals surface area contributed by atoms with Gasteiger partial charge < -0.3 is 9.88 Å². The van der Waals surface area contributed by atoms with Crippen molar-refractivity contribution < 1.29 is 4.79 Å². The van der Waals surface area contributed by atoms with Gasteiger partial charge in [-0.25, -0.2) is 0 Å². The lowest BCUT2D eigenvalue weighted by molar-refractivity contribution is -0.113. The largest absolute Gasteiger partial charge is 0.324 e. The summed E-state index contributed by atoms with van der Waals surface area (Å²) in [5.41, 5.74) is 1.59. The number of thioether (sulfide) groups is 1. The average Bonchev–Trinajstić information content (AvgIpc) is 3.09. The Bertz CT molecular complexity index is 1060. The second kappa shape index (κ2) is 9.11. The first-order valence-corrected chi connectivity index (χ1v) is 10.1. The molecule has 3 aromatic rings. The number of benzene rings is 2. The molecular weight excluding hydrogens is 417 g/mol. The molecule has 0 aliphatic carbocycles. The molecule has 0 aliphatic heterocycles. The van der Waals surface area contributed by atoms with Crippen molar-refractivity contribution in [1.29, 1.82) is 5.26 Å². The number of nitrogens with zero attached hydrogens (tertiary/aromatic N) is 4. The first kappa shape index (κ1) is 20.2. The molecule has 0 saturated carbocycles. The lowest BCUT2D eigenvalue weighted by Crippen LogP contribution is -2.15. The third-order valence-electron chi connectivity index (χ3n) is 3.82. The smallest absolute Gasteiger partial charge is 0.234 e. The molecule has 0 aliphatic rings. The van der Waals surface area contributed by atoms with Crippen LogP contribution in [0.25, 0.3) is 11.4 Å². The van der Waals surface area contributed by atoms with Crippen molar-refractivity contribution in [3.63, 3.8) is 0 Å². The highest BCUT2D eigenvalue weighted by atomic mass is 35.5. The van der Waals surface area contributed by atoms with E-state index in [-0.39, 0.29) is 11.7 Å². The van der Waals surface area contributed by atoms with E-state index in [4.69, 9.17) is 28.5 Å². The van der Waals surface area contributed by atoms with Crippen LogP contribution in [0.4, 0.5) is 5.69 Å². The molecule has 28 heavy (non-hydrogen) atoms. The van der Waals surface area contributed by atoms with Crippen molar-refractivity contribution in [2.45, 2.75) is 18.6 Å². The van der Waals surface area contributed by atoms with E-state index in [2.05, 4.69) is 15.5 Å². The molecule has 0 bridgehead atoms. The summed E-state index contributed by atoms with van der Waals surface area (Å²) in [6.45, 7) is 2.62. The summed E-state index contributed by atoms with van der Waals surface area (Å²) in [5, 5.41) is 22.0. The zero-order chi connectivity index (χ0) is 20.1. The second-order valence-electron chi connectivity index (χ2n) is 5.70. The molecule has 0 spiro atoms. The SMILES string of the molecule is CCn1c(SCC(=O)Nc2cc(Cl)ccc2C#N)nnc1-c1cccc(Cl)c1. The summed E-state index contributed by atoms with van der Waals surface area (Å²) in [5.74, 6) is 0.540. The first-order chi connectivity index (χ1) is 13.5. The van der Waals surface area contributed by atoms with Crippen LogP contribution in [0.5, 0.6) is 0 Å². The maximum Gasteiger partial charge on any atom is 0.234 e. The van der Waals surface area contributed by atoms with Gasteiger partial charge in [0, 0.05) is 22.2 Å². The fourth-order valence-corrected chi connectivity index (χ4v) is 3.72. The Labute approximate surface area is 176 Å². The van der Waals surface area contributed by atoms with Gasteiger partial charge in [0.15, 0.2) is 11.0 Å². The third kappa shape index (κ3) is 4.65. The number of anilines is 1. The lowest BCUT2D eigenvalue weighted by atomic mass is 10.2. The molecule has 0 atom stereocenters. The highest BCUT2D eigenvalue weighted by molar-refractivity contribution is 7.99. The number of nitrogens with one attached hydrogen (secondary N) is 1. The number of aromatic nitrogens is 3. The number of halogens is 2. The Morgan fingerprint density at radius 2 is 2.00 bits per heavy atom. The molecule has 1 heterocycles. The summed E-state index contributed by atoms with van der Waals surface area (Å²) < 4.78 is 1.92. The molecule has 2 aromatic carbocycles. The van der Waals surface area contributed by atoms with E-state index < -0.39 is 0 Å². The minimum atomic E-state index is -0.265. The monoisotopic (exact) mass is 431 g/mol. The van der Waals surface area contributed by atoms with Gasteiger partial charge >= 0.3 is 0 Å². The molecule has 142 valence electrons. The van der Waals surface area contributed by atoms with Gasteiger partial charge in [0.2, 0.25) is 5.91 Å². The van der Waals surface area contributed by atoms with Gasteiger partial charge in [-0.3, -0.25) is 4.79 Å². The zero-order valence-electron chi connectivity index (χ0n) is 14.8. The Morgan fingerprint density at radius 3 is 2.71 bits per heavy atom. The number of hydrogen-bond acceptors (Lipinski definition) is 5. The van der Waals surface area contributed by atoms with Crippen LogP contribution < -0.4 is 5.32 Å². The molecule has 0 fully saturated rings. The topological polar surface area (TPSA) is 83.6 Å². The van der Waals surface area contributed by atoms with E-state index in [1.54, 1.807) is 24.3 Å². The molecule has 6 nitrogen and oxygen atoms in total. The Balaban J connectivity index is 1.72. The lowest BCUT2D eigenvalue weighted by Gasteiger charge is -2.09. The van der Waals surface area contributed by atoms with Gasteiger partial charge in [-0.05, 0) is 37.3 Å². The van der Waals surface area contributed by atoms with Gasteiger partial charge in [0.25, 0.3) is 0 Å². The summed E-state index contributed by atoms with van der Waals surface area (Å²) in [6.07, 6.45) is 0. The maximum atomic E-state index is 12.3. The minimum Gasteiger partial charge on any atom is -0.324 e. The Kier molecular flexibility index (Phi) is 6.57. The predicted octanol–water partition coefficient (Wildman–Crippen LogP) is 4.87.